The number of rotatable bonds is 14. The number of hydrogen-bond acceptors (Lipinski definition) is 5. The molecule has 0 fully saturated rings. The van der Waals surface area contributed by atoms with Crippen LogP contribution in [-0.4, -0.2) is 66.5 Å². The molecule has 0 atom stereocenters. The summed E-state index contributed by atoms with van der Waals surface area (Å²) < 4.78 is 53.3. The number of halogens is 4. The zero-order valence-electron chi connectivity index (χ0n) is 43.6. The van der Waals surface area contributed by atoms with Gasteiger partial charge in [0.05, 0.1) is 30.8 Å². The number of hydrogen-bond donors (Lipinski definition) is 6. The van der Waals surface area contributed by atoms with Crippen LogP contribution in [0.1, 0.15) is 87.1 Å². The Balaban J connectivity index is 0.000000164. The highest BCUT2D eigenvalue weighted by Gasteiger charge is 2.18. The standard InChI is InChI=1S/C21H23FN2O3.C20H21FN2O.C19H18BrFN2O/c1-12-5-7-16(22)20-19(12)15(13(2)24-20)9-10-23-21(25)14-6-8-17(26-3)18(11-14)27-4;1-12-6-4-5-7-15(12)20(24)22-11-10-16-14(3)23-19-17(21)9-8-13(2)18(16)19;1-11-3-8-16(21)18-17(11)15(12(2)23-18)9-10-22-19(24)13-4-6-14(20)7-5-13/h5-8,11,24H,9-10H2,1-4H3,(H,23,25);4-9,23H,10-11H2,1-3H3,(H,22,24);3-8,23H,9-10H2,1-2H3,(H,22,24). The van der Waals surface area contributed by atoms with Crippen LogP contribution in [0, 0.1) is 65.9 Å². The number of carbonyl (C=O) groups is 3. The number of aryl methyl sites for hydroxylation is 7. The van der Waals surface area contributed by atoms with Gasteiger partial charge < -0.3 is 40.4 Å². The molecular weight excluding hydrogens is 1020 g/mol. The number of amides is 3. The number of aromatic amines is 3. The monoisotopic (exact) mass is 1080 g/mol. The van der Waals surface area contributed by atoms with E-state index in [9.17, 15) is 27.6 Å². The van der Waals surface area contributed by atoms with Crippen molar-refractivity contribution in [3.05, 3.63) is 198 Å². The van der Waals surface area contributed by atoms with E-state index in [2.05, 4.69) is 46.8 Å². The summed E-state index contributed by atoms with van der Waals surface area (Å²) in [6.45, 7) is 15.1. The minimum Gasteiger partial charge on any atom is -0.493 e. The number of H-pyrrole nitrogens is 3. The molecule has 3 heterocycles. The Labute approximate surface area is 443 Å². The third-order valence-corrected chi connectivity index (χ3v) is 13.9. The predicted octanol–water partition coefficient (Wildman–Crippen LogP) is 12.8. The highest BCUT2D eigenvalue weighted by Crippen LogP contribution is 2.31. The highest BCUT2D eigenvalue weighted by molar-refractivity contribution is 9.10. The molecule has 0 unspecified atom stereocenters. The van der Waals surface area contributed by atoms with Gasteiger partial charge in [0.1, 0.15) is 17.5 Å². The molecule has 6 aromatic carbocycles. The van der Waals surface area contributed by atoms with E-state index < -0.39 is 0 Å². The van der Waals surface area contributed by atoms with Crippen molar-refractivity contribution in [3.8, 4) is 11.5 Å². The third-order valence-electron chi connectivity index (χ3n) is 13.4. The molecule has 390 valence electrons. The molecule has 0 saturated heterocycles. The largest absolute Gasteiger partial charge is 0.493 e. The van der Waals surface area contributed by atoms with Gasteiger partial charge in [-0.1, -0.05) is 52.3 Å². The molecule has 3 aromatic heterocycles. The van der Waals surface area contributed by atoms with E-state index in [0.29, 0.717) is 83.6 Å². The Morgan fingerprint density at radius 1 is 0.467 bits per heavy atom. The normalized spacial score (nSPS) is 10.9. The summed E-state index contributed by atoms with van der Waals surface area (Å²) in [5.41, 5.74) is 13.4. The van der Waals surface area contributed by atoms with Gasteiger partial charge in [0.2, 0.25) is 0 Å². The number of methoxy groups -OCH3 is 2. The maximum Gasteiger partial charge on any atom is 0.251 e. The smallest absolute Gasteiger partial charge is 0.251 e. The summed E-state index contributed by atoms with van der Waals surface area (Å²) >= 11 is 3.35. The van der Waals surface area contributed by atoms with E-state index in [-0.39, 0.29) is 35.2 Å². The second kappa shape index (κ2) is 24.5. The van der Waals surface area contributed by atoms with Crippen LogP contribution in [0.2, 0.25) is 0 Å². The molecular formula is C60H62BrF3N6O5. The molecule has 0 spiro atoms. The molecule has 9 rings (SSSR count). The first kappa shape index (κ1) is 55.0. The summed E-state index contributed by atoms with van der Waals surface area (Å²) in [5.74, 6) is -0.0607. The van der Waals surface area contributed by atoms with Gasteiger partial charge in [-0.05, 0) is 173 Å². The molecule has 75 heavy (non-hydrogen) atoms. The van der Waals surface area contributed by atoms with Crippen LogP contribution in [0.5, 0.6) is 11.5 Å². The van der Waals surface area contributed by atoms with Gasteiger partial charge >= 0.3 is 0 Å². The fourth-order valence-electron chi connectivity index (χ4n) is 9.48. The Hall–Kier alpha value is -7.78. The lowest BCUT2D eigenvalue weighted by Crippen LogP contribution is -2.26. The predicted molar refractivity (Wildman–Crippen MR) is 296 cm³/mol. The van der Waals surface area contributed by atoms with Crippen LogP contribution in [0.25, 0.3) is 32.7 Å². The van der Waals surface area contributed by atoms with Gasteiger partial charge in [0, 0.05) is 74.0 Å². The molecule has 15 heteroatoms. The summed E-state index contributed by atoms with van der Waals surface area (Å²) in [7, 11) is 3.08. The number of fused-ring (bicyclic) bond motifs is 3. The molecule has 0 aliphatic carbocycles. The zero-order chi connectivity index (χ0) is 54.1. The third kappa shape index (κ3) is 12.6. The quantitative estimate of drug-likeness (QED) is 0.0640. The first-order valence-corrected chi connectivity index (χ1v) is 25.4. The van der Waals surface area contributed by atoms with Crippen molar-refractivity contribution in [1.82, 2.24) is 30.9 Å². The zero-order valence-corrected chi connectivity index (χ0v) is 45.2. The van der Waals surface area contributed by atoms with Crippen molar-refractivity contribution in [3.63, 3.8) is 0 Å². The first-order valence-electron chi connectivity index (χ1n) is 24.6. The Morgan fingerprint density at radius 2 is 0.853 bits per heavy atom. The number of ether oxygens (including phenoxy) is 2. The number of carbonyl (C=O) groups excluding carboxylic acids is 3. The lowest BCUT2D eigenvalue weighted by atomic mass is 10.0. The van der Waals surface area contributed by atoms with Crippen LogP contribution in [0.4, 0.5) is 13.2 Å². The van der Waals surface area contributed by atoms with Crippen LogP contribution in [-0.2, 0) is 19.3 Å². The maximum atomic E-state index is 14.0. The molecule has 0 saturated carbocycles. The minimum absolute atomic E-state index is 0.0755. The maximum absolute atomic E-state index is 14.0. The highest BCUT2D eigenvalue weighted by atomic mass is 79.9. The summed E-state index contributed by atoms with van der Waals surface area (Å²) in [6, 6.07) is 29.6. The summed E-state index contributed by atoms with van der Waals surface area (Å²) in [6.07, 6.45) is 1.92. The van der Waals surface area contributed by atoms with Gasteiger partial charge in [0.25, 0.3) is 17.7 Å². The van der Waals surface area contributed by atoms with E-state index in [1.54, 1.807) is 55.6 Å². The van der Waals surface area contributed by atoms with E-state index in [1.807, 2.05) is 84.9 Å². The van der Waals surface area contributed by atoms with Gasteiger partial charge in [-0.15, -0.1) is 0 Å². The second-order valence-corrected chi connectivity index (χ2v) is 19.4. The van der Waals surface area contributed by atoms with Crippen molar-refractivity contribution in [1.29, 1.82) is 0 Å². The number of aromatic nitrogens is 3. The second-order valence-electron chi connectivity index (χ2n) is 18.4. The Bertz CT molecular complexity index is 3540. The van der Waals surface area contributed by atoms with Gasteiger partial charge in [0.15, 0.2) is 11.5 Å². The molecule has 0 bridgehead atoms. The lowest BCUT2D eigenvalue weighted by molar-refractivity contribution is 0.0945. The van der Waals surface area contributed by atoms with Crippen LogP contribution < -0.4 is 25.4 Å². The topological polar surface area (TPSA) is 153 Å². The van der Waals surface area contributed by atoms with Crippen molar-refractivity contribution in [2.24, 2.45) is 0 Å². The molecule has 0 radical (unpaired) electrons. The SMILES string of the molecule is COc1ccc(C(=O)NCCc2c(C)[nH]c3c(F)ccc(C)c23)cc1OC.Cc1[nH]c2c(F)ccc(C)c2c1CCNC(=O)c1ccc(Br)cc1.Cc1ccccc1C(=O)NCCc1c(C)[nH]c2c(F)ccc(C)c12. The van der Waals surface area contributed by atoms with Crippen molar-refractivity contribution < 1.29 is 37.0 Å². The van der Waals surface area contributed by atoms with Gasteiger partial charge in [-0.3, -0.25) is 14.4 Å². The summed E-state index contributed by atoms with van der Waals surface area (Å²) in [5, 5.41) is 11.5. The van der Waals surface area contributed by atoms with Crippen LogP contribution >= 0.6 is 15.9 Å². The lowest BCUT2D eigenvalue weighted by Gasteiger charge is -2.10. The molecule has 6 N–H and O–H groups in total. The Kier molecular flexibility index (Phi) is 18.0. The Morgan fingerprint density at radius 3 is 1.27 bits per heavy atom. The molecule has 0 aliphatic heterocycles. The first-order chi connectivity index (χ1) is 35.9. The molecule has 3 amide bonds. The van der Waals surface area contributed by atoms with Crippen LogP contribution in [0.15, 0.2) is 108 Å². The minimum atomic E-state index is -0.265. The fraction of sp³-hybridized carbons (Fsp3) is 0.250. The fourth-order valence-corrected chi connectivity index (χ4v) is 9.74. The average molecular weight is 1080 g/mol. The van der Waals surface area contributed by atoms with E-state index >= 15 is 0 Å². The molecule has 0 aliphatic rings. The number of nitrogens with one attached hydrogen (secondary N) is 6. The average Bonchev–Trinajstić information content (AvgIpc) is 4.06. The van der Waals surface area contributed by atoms with E-state index in [0.717, 1.165) is 76.7 Å². The van der Waals surface area contributed by atoms with E-state index in [1.165, 1.54) is 25.3 Å². The molecule has 11 nitrogen and oxygen atoms in total. The van der Waals surface area contributed by atoms with Gasteiger partial charge in [-0.25, -0.2) is 13.2 Å². The van der Waals surface area contributed by atoms with Crippen molar-refractivity contribution in [2.75, 3.05) is 33.9 Å². The van der Waals surface area contributed by atoms with Crippen molar-refractivity contribution in [2.45, 2.75) is 67.7 Å². The van der Waals surface area contributed by atoms with Crippen LogP contribution in [0.3, 0.4) is 0 Å². The van der Waals surface area contributed by atoms with Crippen molar-refractivity contribution >= 4 is 66.4 Å². The number of benzene rings is 6. The molecule has 9 aromatic rings. The summed E-state index contributed by atoms with van der Waals surface area (Å²) in [4.78, 5) is 46.2. The van der Waals surface area contributed by atoms with Gasteiger partial charge in [-0.2, -0.15) is 0 Å². The van der Waals surface area contributed by atoms with E-state index in [4.69, 9.17) is 9.47 Å².